The van der Waals surface area contributed by atoms with Gasteiger partial charge in [0.2, 0.25) is 0 Å². The maximum atomic E-state index is 9.62. The van der Waals surface area contributed by atoms with Crippen molar-refractivity contribution in [3.8, 4) is 17.5 Å². The van der Waals surface area contributed by atoms with Crippen LogP contribution in [0.5, 0.6) is 0 Å². The summed E-state index contributed by atoms with van der Waals surface area (Å²) in [6, 6.07) is 7.82. The maximum absolute atomic E-state index is 9.62. The summed E-state index contributed by atoms with van der Waals surface area (Å²) in [6.07, 6.45) is 8.53. The van der Waals surface area contributed by atoms with Crippen molar-refractivity contribution in [3.63, 3.8) is 0 Å². The predicted molar refractivity (Wildman–Crippen MR) is 92.8 cm³/mol. The van der Waals surface area contributed by atoms with Gasteiger partial charge in [0.15, 0.2) is 5.82 Å². The molecule has 1 aliphatic rings. The van der Waals surface area contributed by atoms with Crippen LogP contribution in [0.25, 0.3) is 16.9 Å². The first-order valence-corrected chi connectivity index (χ1v) is 8.38. The van der Waals surface area contributed by atoms with E-state index in [1.54, 1.807) is 35.2 Å². The number of rotatable bonds is 3. The molecular weight excluding hydrogens is 316 g/mol. The van der Waals surface area contributed by atoms with E-state index in [4.69, 9.17) is 5.26 Å². The Morgan fingerprint density at radius 3 is 2.88 bits per heavy atom. The molecule has 0 spiro atoms. The van der Waals surface area contributed by atoms with Crippen molar-refractivity contribution in [1.29, 1.82) is 5.26 Å². The zero-order valence-electron chi connectivity index (χ0n) is 13.6. The summed E-state index contributed by atoms with van der Waals surface area (Å²) in [5.41, 5.74) is 2.17. The molecule has 4 rings (SSSR count). The lowest BCUT2D eigenvalue weighted by molar-refractivity contribution is 0.126. The van der Waals surface area contributed by atoms with Crippen molar-refractivity contribution >= 4 is 11.3 Å². The Hall–Kier alpha value is -2.98. The Balaban J connectivity index is 1.62. The molecule has 0 radical (unpaired) electrons. The Morgan fingerprint density at radius 2 is 2.08 bits per heavy atom. The van der Waals surface area contributed by atoms with Crippen LogP contribution in [0.3, 0.4) is 0 Å². The number of aromatic nitrogens is 4. The Morgan fingerprint density at radius 1 is 1.24 bits per heavy atom. The number of anilines is 1. The van der Waals surface area contributed by atoms with Crippen LogP contribution in [0, 0.1) is 11.3 Å². The highest BCUT2D eigenvalue weighted by molar-refractivity contribution is 5.77. The fraction of sp³-hybridized carbons (Fsp3) is 0.333. The fourth-order valence-electron chi connectivity index (χ4n) is 3.22. The highest BCUT2D eigenvalue weighted by atomic mass is 16.3. The summed E-state index contributed by atoms with van der Waals surface area (Å²) < 4.78 is 1.71. The second-order valence-corrected chi connectivity index (χ2v) is 6.33. The third kappa shape index (κ3) is 3.16. The van der Waals surface area contributed by atoms with Gasteiger partial charge in [-0.15, -0.1) is 0 Å². The zero-order chi connectivity index (χ0) is 17.2. The number of nitrogens with one attached hydrogen (secondary N) is 1. The Bertz CT molecular complexity index is 936. The average Bonchev–Trinajstić information content (AvgIpc) is 3.07. The van der Waals surface area contributed by atoms with Gasteiger partial charge in [-0.2, -0.15) is 10.4 Å². The van der Waals surface area contributed by atoms with Crippen molar-refractivity contribution in [2.75, 3.05) is 5.32 Å². The largest absolute Gasteiger partial charge is 0.393 e. The van der Waals surface area contributed by atoms with E-state index >= 15 is 0 Å². The van der Waals surface area contributed by atoms with E-state index in [0.717, 1.165) is 42.6 Å². The monoisotopic (exact) mass is 334 g/mol. The quantitative estimate of drug-likeness (QED) is 0.763. The molecule has 25 heavy (non-hydrogen) atoms. The summed E-state index contributed by atoms with van der Waals surface area (Å²) >= 11 is 0. The number of aliphatic hydroxyl groups is 1. The minimum Gasteiger partial charge on any atom is -0.393 e. The summed E-state index contributed by atoms with van der Waals surface area (Å²) in [5, 5.41) is 26.5. The van der Waals surface area contributed by atoms with Gasteiger partial charge in [0.1, 0.15) is 5.82 Å². The van der Waals surface area contributed by atoms with E-state index in [2.05, 4.69) is 26.5 Å². The number of aliphatic hydroxyl groups excluding tert-OH is 1. The second-order valence-electron chi connectivity index (χ2n) is 6.33. The van der Waals surface area contributed by atoms with Gasteiger partial charge in [-0.05, 0) is 43.9 Å². The molecule has 7 nitrogen and oxygen atoms in total. The normalized spacial score (nSPS) is 20.3. The molecule has 0 saturated heterocycles. The molecule has 2 N–H and O–H groups in total. The first-order valence-electron chi connectivity index (χ1n) is 8.38. The third-order valence-electron chi connectivity index (χ3n) is 4.60. The van der Waals surface area contributed by atoms with Crippen LogP contribution >= 0.6 is 0 Å². The standard InChI is InChI=1S/C18H18N6O/c19-10-12-6-8-24-16(9-12)15(11-21-24)18-20-7-5-17(23-18)22-13-1-3-14(25)4-2-13/h5-9,11,13-14,25H,1-4H2,(H,20,22,23). The molecule has 3 heterocycles. The van der Waals surface area contributed by atoms with Gasteiger partial charge in [0.25, 0.3) is 0 Å². The molecule has 7 heteroatoms. The number of pyridine rings is 1. The smallest absolute Gasteiger partial charge is 0.165 e. The summed E-state index contributed by atoms with van der Waals surface area (Å²) in [4.78, 5) is 8.98. The van der Waals surface area contributed by atoms with Crippen molar-refractivity contribution in [2.24, 2.45) is 0 Å². The average molecular weight is 334 g/mol. The van der Waals surface area contributed by atoms with Gasteiger partial charge in [-0.25, -0.2) is 14.5 Å². The highest BCUT2D eigenvalue weighted by Gasteiger charge is 2.19. The van der Waals surface area contributed by atoms with Crippen molar-refractivity contribution < 1.29 is 5.11 Å². The number of nitriles is 1. The molecule has 126 valence electrons. The van der Waals surface area contributed by atoms with Gasteiger partial charge in [-0.3, -0.25) is 0 Å². The highest BCUT2D eigenvalue weighted by Crippen LogP contribution is 2.25. The Labute approximate surface area is 145 Å². The topological polar surface area (TPSA) is 99.1 Å². The molecule has 0 aromatic carbocycles. The van der Waals surface area contributed by atoms with Crippen molar-refractivity contribution in [1.82, 2.24) is 19.6 Å². The molecule has 1 aliphatic carbocycles. The first-order chi connectivity index (χ1) is 12.2. The van der Waals surface area contributed by atoms with E-state index in [-0.39, 0.29) is 6.10 Å². The van der Waals surface area contributed by atoms with Gasteiger partial charge in [0.05, 0.1) is 35.0 Å². The van der Waals surface area contributed by atoms with E-state index in [1.165, 1.54) is 0 Å². The van der Waals surface area contributed by atoms with E-state index in [9.17, 15) is 5.11 Å². The van der Waals surface area contributed by atoms with Crippen molar-refractivity contribution in [2.45, 2.75) is 37.8 Å². The van der Waals surface area contributed by atoms with E-state index in [0.29, 0.717) is 17.4 Å². The van der Waals surface area contributed by atoms with Crippen LogP contribution in [0.4, 0.5) is 5.82 Å². The molecule has 1 fully saturated rings. The Kier molecular flexibility index (Phi) is 4.04. The van der Waals surface area contributed by atoms with Crippen LogP contribution in [-0.4, -0.2) is 36.8 Å². The summed E-state index contributed by atoms with van der Waals surface area (Å²) in [5.74, 6) is 1.34. The SMILES string of the molecule is N#Cc1ccn2ncc(-c3nccc(NC4CCC(O)CC4)n3)c2c1. The number of hydrogen-bond donors (Lipinski definition) is 2. The first kappa shape index (κ1) is 15.5. The van der Waals surface area contributed by atoms with Crippen LogP contribution in [0.15, 0.2) is 36.8 Å². The molecule has 0 unspecified atom stereocenters. The minimum absolute atomic E-state index is 0.174. The van der Waals surface area contributed by atoms with E-state index < -0.39 is 0 Å². The number of fused-ring (bicyclic) bond motifs is 1. The molecule has 0 amide bonds. The molecule has 0 bridgehead atoms. The summed E-state index contributed by atoms with van der Waals surface area (Å²) in [6.45, 7) is 0. The van der Waals surface area contributed by atoms with Crippen molar-refractivity contribution in [3.05, 3.63) is 42.4 Å². The van der Waals surface area contributed by atoms with Gasteiger partial charge in [0, 0.05) is 18.4 Å². The molecule has 3 aromatic rings. The van der Waals surface area contributed by atoms with Crippen LogP contribution in [0.1, 0.15) is 31.2 Å². The lowest BCUT2D eigenvalue weighted by Crippen LogP contribution is -2.28. The van der Waals surface area contributed by atoms with Crippen LogP contribution in [0.2, 0.25) is 0 Å². The third-order valence-corrected chi connectivity index (χ3v) is 4.60. The van der Waals surface area contributed by atoms with Gasteiger partial charge >= 0.3 is 0 Å². The molecule has 3 aromatic heterocycles. The lowest BCUT2D eigenvalue weighted by atomic mass is 9.93. The molecular formula is C18H18N6O. The van der Waals surface area contributed by atoms with Gasteiger partial charge in [-0.1, -0.05) is 0 Å². The molecule has 1 saturated carbocycles. The maximum Gasteiger partial charge on any atom is 0.165 e. The molecule has 0 atom stereocenters. The van der Waals surface area contributed by atoms with Crippen LogP contribution < -0.4 is 5.32 Å². The van der Waals surface area contributed by atoms with E-state index in [1.807, 2.05) is 6.07 Å². The predicted octanol–water partition coefficient (Wildman–Crippen LogP) is 2.38. The van der Waals surface area contributed by atoms with Gasteiger partial charge < -0.3 is 10.4 Å². The summed E-state index contributed by atoms with van der Waals surface area (Å²) in [7, 11) is 0. The molecule has 0 aliphatic heterocycles. The van der Waals surface area contributed by atoms with Crippen LogP contribution in [-0.2, 0) is 0 Å². The fourth-order valence-corrected chi connectivity index (χ4v) is 3.22. The minimum atomic E-state index is -0.174. The number of nitrogens with zero attached hydrogens (tertiary/aromatic N) is 5. The lowest BCUT2D eigenvalue weighted by Gasteiger charge is -2.26. The zero-order valence-corrected chi connectivity index (χ0v) is 13.6. The second kappa shape index (κ2) is 6.49. The number of hydrogen-bond acceptors (Lipinski definition) is 6.